The van der Waals surface area contributed by atoms with Crippen LogP contribution in [0.5, 0.6) is 0 Å². The molecule has 1 aromatic rings. The van der Waals surface area contributed by atoms with Crippen molar-refractivity contribution in [2.75, 3.05) is 5.32 Å². The normalized spacial score (nSPS) is 20.5. The standard InChI is InChI=1S/C11H15NSSi/c1-14(2,3)10-8-6-4-5-7-9(8)12-11(10)13/h4-7,10H,1-3H3,(H,12,13). The van der Waals surface area contributed by atoms with Crippen molar-refractivity contribution in [3.63, 3.8) is 0 Å². The summed E-state index contributed by atoms with van der Waals surface area (Å²) in [6, 6.07) is 8.47. The van der Waals surface area contributed by atoms with Gasteiger partial charge in [0, 0.05) is 11.2 Å². The predicted octanol–water partition coefficient (Wildman–Crippen LogP) is 3.40. The molecule has 0 aromatic heterocycles. The molecule has 2 rings (SSSR count). The molecule has 14 heavy (non-hydrogen) atoms. The summed E-state index contributed by atoms with van der Waals surface area (Å²) in [4.78, 5) is 1.02. The van der Waals surface area contributed by atoms with Gasteiger partial charge in [-0.2, -0.15) is 0 Å². The fraction of sp³-hybridized carbons (Fsp3) is 0.364. The number of para-hydroxylation sites is 1. The molecule has 0 saturated heterocycles. The highest BCUT2D eigenvalue weighted by Gasteiger charge is 2.37. The molecular weight excluding hydrogens is 206 g/mol. The van der Waals surface area contributed by atoms with Crippen molar-refractivity contribution in [1.82, 2.24) is 0 Å². The molecule has 1 aliphatic rings. The molecule has 3 heteroatoms. The molecule has 1 nitrogen and oxygen atoms in total. The maximum atomic E-state index is 5.42. The third-order valence-corrected chi connectivity index (χ3v) is 5.54. The lowest BCUT2D eigenvalue weighted by Crippen LogP contribution is -2.34. The number of thiocarbonyl (C=S) groups is 1. The van der Waals surface area contributed by atoms with Gasteiger partial charge in [-0.25, -0.2) is 0 Å². The third kappa shape index (κ3) is 1.51. The van der Waals surface area contributed by atoms with Gasteiger partial charge in [0.25, 0.3) is 0 Å². The molecule has 0 fully saturated rings. The number of nitrogens with one attached hydrogen (secondary N) is 1. The Balaban J connectivity index is 2.50. The molecule has 1 unspecified atom stereocenters. The number of fused-ring (bicyclic) bond motifs is 1. The first-order valence-corrected chi connectivity index (χ1v) is 8.88. The Kier molecular flexibility index (Phi) is 2.24. The largest absolute Gasteiger partial charge is 0.350 e. The van der Waals surface area contributed by atoms with Crippen LogP contribution in [-0.4, -0.2) is 13.1 Å². The Morgan fingerprint density at radius 3 is 2.50 bits per heavy atom. The first-order chi connectivity index (χ1) is 6.50. The minimum Gasteiger partial charge on any atom is -0.350 e. The smallest absolute Gasteiger partial charge is 0.0846 e. The fourth-order valence-corrected chi connectivity index (χ4v) is 5.41. The van der Waals surface area contributed by atoms with E-state index in [1.807, 2.05) is 0 Å². The van der Waals surface area contributed by atoms with Gasteiger partial charge >= 0.3 is 0 Å². The van der Waals surface area contributed by atoms with Crippen LogP contribution in [0.25, 0.3) is 0 Å². The van der Waals surface area contributed by atoms with Gasteiger partial charge in [-0.3, -0.25) is 0 Å². The van der Waals surface area contributed by atoms with Crippen molar-refractivity contribution in [2.45, 2.75) is 25.2 Å². The molecule has 1 N–H and O–H groups in total. The van der Waals surface area contributed by atoms with E-state index < -0.39 is 8.07 Å². The van der Waals surface area contributed by atoms with E-state index in [0.717, 1.165) is 4.99 Å². The third-order valence-electron chi connectivity index (χ3n) is 2.66. The highest BCUT2D eigenvalue weighted by Crippen LogP contribution is 2.38. The topological polar surface area (TPSA) is 12.0 Å². The van der Waals surface area contributed by atoms with E-state index in [-0.39, 0.29) is 0 Å². The maximum Gasteiger partial charge on any atom is 0.0846 e. The van der Waals surface area contributed by atoms with E-state index in [9.17, 15) is 0 Å². The molecule has 0 amide bonds. The summed E-state index contributed by atoms with van der Waals surface area (Å²) in [6.45, 7) is 7.11. The molecule has 1 aliphatic heterocycles. The summed E-state index contributed by atoms with van der Waals surface area (Å²) in [7, 11) is -1.24. The van der Waals surface area contributed by atoms with Crippen molar-refractivity contribution in [1.29, 1.82) is 0 Å². The van der Waals surface area contributed by atoms with Crippen LogP contribution in [0.3, 0.4) is 0 Å². The number of anilines is 1. The van der Waals surface area contributed by atoms with E-state index in [1.165, 1.54) is 11.3 Å². The SMILES string of the molecule is C[Si](C)(C)C1C(=S)Nc2ccccc21. The molecule has 0 aliphatic carbocycles. The number of hydrogen-bond acceptors (Lipinski definition) is 1. The van der Waals surface area contributed by atoms with Gasteiger partial charge in [0.05, 0.1) is 13.1 Å². The van der Waals surface area contributed by atoms with Crippen molar-refractivity contribution in [2.24, 2.45) is 0 Å². The monoisotopic (exact) mass is 221 g/mol. The first kappa shape index (κ1) is 9.87. The second-order valence-electron chi connectivity index (χ2n) is 4.88. The summed E-state index contributed by atoms with van der Waals surface area (Å²) >= 11 is 5.42. The van der Waals surface area contributed by atoms with E-state index in [4.69, 9.17) is 12.2 Å². The van der Waals surface area contributed by atoms with Crippen molar-refractivity contribution >= 4 is 31.0 Å². The fourth-order valence-electron chi connectivity index (χ4n) is 2.07. The lowest BCUT2D eigenvalue weighted by atomic mass is 10.2. The van der Waals surface area contributed by atoms with E-state index in [2.05, 4.69) is 49.2 Å². The zero-order chi connectivity index (χ0) is 10.3. The Morgan fingerprint density at radius 1 is 1.21 bits per heavy atom. The summed E-state index contributed by atoms with van der Waals surface area (Å²) in [5.74, 6) is 0. The van der Waals surface area contributed by atoms with Gasteiger partial charge in [0.15, 0.2) is 0 Å². The van der Waals surface area contributed by atoms with Crippen LogP contribution in [0.2, 0.25) is 19.6 Å². The van der Waals surface area contributed by atoms with Crippen LogP contribution in [-0.2, 0) is 0 Å². The minimum absolute atomic E-state index is 0.494. The van der Waals surface area contributed by atoms with E-state index >= 15 is 0 Å². The maximum absolute atomic E-state index is 5.42. The molecule has 74 valence electrons. The average Bonchev–Trinajstić information content (AvgIpc) is 2.38. The van der Waals surface area contributed by atoms with Crippen LogP contribution in [0.1, 0.15) is 11.1 Å². The highest BCUT2D eigenvalue weighted by molar-refractivity contribution is 7.81. The zero-order valence-corrected chi connectivity index (χ0v) is 10.6. The van der Waals surface area contributed by atoms with Crippen LogP contribution >= 0.6 is 12.2 Å². The molecular formula is C11H15NSSi. The Labute approximate surface area is 91.5 Å². The van der Waals surface area contributed by atoms with Gasteiger partial charge in [-0.15, -0.1) is 0 Å². The van der Waals surface area contributed by atoms with Gasteiger partial charge in [-0.05, 0) is 11.6 Å². The van der Waals surface area contributed by atoms with Crippen LogP contribution in [0.15, 0.2) is 24.3 Å². The van der Waals surface area contributed by atoms with Crippen molar-refractivity contribution in [3.05, 3.63) is 29.8 Å². The molecule has 1 aromatic carbocycles. The van der Waals surface area contributed by atoms with Crippen molar-refractivity contribution in [3.8, 4) is 0 Å². The first-order valence-electron chi connectivity index (χ1n) is 4.90. The van der Waals surface area contributed by atoms with Crippen LogP contribution in [0, 0.1) is 0 Å². The van der Waals surface area contributed by atoms with E-state index in [0.29, 0.717) is 5.54 Å². The van der Waals surface area contributed by atoms with Crippen LogP contribution in [0.4, 0.5) is 5.69 Å². The minimum atomic E-state index is -1.24. The van der Waals surface area contributed by atoms with Crippen LogP contribution < -0.4 is 5.32 Å². The molecule has 1 heterocycles. The Bertz CT molecular complexity index is 381. The number of hydrogen-bond donors (Lipinski definition) is 1. The van der Waals surface area contributed by atoms with Gasteiger partial charge in [0.1, 0.15) is 0 Å². The highest BCUT2D eigenvalue weighted by atomic mass is 32.1. The second kappa shape index (κ2) is 3.17. The van der Waals surface area contributed by atoms with Gasteiger partial charge < -0.3 is 5.32 Å². The summed E-state index contributed by atoms with van der Waals surface area (Å²) in [6.07, 6.45) is 0. The molecule has 0 radical (unpaired) electrons. The molecule has 0 bridgehead atoms. The molecule has 1 atom stereocenters. The predicted molar refractivity (Wildman–Crippen MR) is 68.7 cm³/mol. The Hall–Kier alpha value is -0.673. The number of benzene rings is 1. The summed E-state index contributed by atoms with van der Waals surface area (Å²) in [5, 5.41) is 3.32. The second-order valence-corrected chi connectivity index (χ2v) is 10.6. The molecule has 0 saturated carbocycles. The van der Waals surface area contributed by atoms with Gasteiger partial charge in [0.2, 0.25) is 0 Å². The van der Waals surface area contributed by atoms with Gasteiger partial charge in [-0.1, -0.05) is 50.1 Å². The average molecular weight is 221 g/mol. The van der Waals surface area contributed by atoms with E-state index in [1.54, 1.807) is 0 Å². The quantitative estimate of drug-likeness (QED) is 0.576. The summed E-state index contributed by atoms with van der Waals surface area (Å²) < 4.78 is 0. The lowest BCUT2D eigenvalue weighted by molar-refractivity contribution is 1.26. The number of rotatable bonds is 1. The molecule has 0 spiro atoms. The Morgan fingerprint density at radius 2 is 1.86 bits per heavy atom. The summed E-state index contributed by atoms with van der Waals surface area (Å²) in [5.41, 5.74) is 3.11. The van der Waals surface area contributed by atoms with Crippen molar-refractivity contribution < 1.29 is 0 Å². The zero-order valence-electron chi connectivity index (χ0n) is 8.79. The lowest BCUT2D eigenvalue weighted by Gasteiger charge is -2.24.